The van der Waals surface area contributed by atoms with Gasteiger partial charge in [0.1, 0.15) is 12.3 Å². The van der Waals surface area contributed by atoms with Crippen LogP contribution in [0.1, 0.15) is 24.0 Å². The maximum absolute atomic E-state index is 13.1. The minimum Gasteiger partial charge on any atom is -0.370 e. The molecule has 1 aromatic heterocycles. The number of nitrogens with zero attached hydrogens (tertiary/aromatic N) is 1. The minimum absolute atomic E-state index is 0.0312. The number of hydrogen-bond donors (Lipinski definition) is 6. The summed E-state index contributed by atoms with van der Waals surface area (Å²) in [5.41, 5.74) is 19.6. The van der Waals surface area contributed by atoms with Gasteiger partial charge in [-0.25, -0.2) is 0 Å². The lowest BCUT2D eigenvalue weighted by atomic mass is 10.0. The molecule has 2 aromatic carbocycles. The van der Waals surface area contributed by atoms with E-state index in [9.17, 15) is 14.4 Å². The van der Waals surface area contributed by atoms with Crippen LogP contribution in [-0.4, -0.2) is 53.7 Å². The monoisotopic (exact) mass is 491 g/mol. The maximum atomic E-state index is 13.1. The van der Waals surface area contributed by atoms with Crippen molar-refractivity contribution in [2.45, 2.75) is 43.8 Å². The van der Waals surface area contributed by atoms with Crippen LogP contribution in [0, 0.1) is 0 Å². The predicted molar refractivity (Wildman–Crippen MR) is 140 cm³/mol. The Bertz CT molecular complexity index is 1190. The van der Waals surface area contributed by atoms with Crippen molar-refractivity contribution in [3.05, 3.63) is 71.9 Å². The fourth-order valence-corrected chi connectivity index (χ4v) is 3.94. The number of aromatic nitrogens is 1. The van der Waals surface area contributed by atoms with E-state index in [0.29, 0.717) is 32.1 Å². The number of aromatic amines is 1. The first-order valence-corrected chi connectivity index (χ1v) is 11.8. The molecule has 0 aliphatic heterocycles. The highest BCUT2D eigenvalue weighted by atomic mass is 16.2. The van der Waals surface area contributed by atoms with E-state index in [0.717, 1.165) is 22.0 Å². The Labute approximate surface area is 209 Å². The molecule has 0 fully saturated rings. The number of fused-ring (bicyclic) bond motifs is 1. The van der Waals surface area contributed by atoms with Crippen LogP contribution in [0.2, 0.25) is 0 Å². The molecule has 10 nitrogen and oxygen atoms in total. The number of rotatable bonds is 13. The van der Waals surface area contributed by atoms with Crippen molar-refractivity contribution in [3.8, 4) is 0 Å². The summed E-state index contributed by atoms with van der Waals surface area (Å²) >= 11 is 0. The third kappa shape index (κ3) is 7.67. The highest BCUT2D eigenvalue weighted by Crippen LogP contribution is 2.19. The van der Waals surface area contributed by atoms with Gasteiger partial charge in [-0.3, -0.25) is 14.6 Å². The second kappa shape index (κ2) is 13.1. The van der Waals surface area contributed by atoms with Gasteiger partial charge < -0.3 is 37.6 Å². The van der Waals surface area contributed by atoms with Crippen LogP contribution in [0.25, 0.3) is 10.9 Å². The lowest BCUT2D eigenvalue weighted by Crippen LogP contribution is -2.54. The predicted octanol–water partition coefficient (Wildman–Crippen LogP) is 0.503. The van der Waals surface area contributed by atoms with Crippen molar-refractivity contribution >= 4 is 35.0 Å². The Balaban J connectivity index is 1.66. The summed E-state index contributed by atoms with van der Waals surface area (Å²) in [5, 5.41) is 6.49. The van der Waals surface area contributed by atoms with Gasteiger partial charge in [0.2, 0.25) is 11.8 Å². The van der Waals surface area contributed by atoms with Gasteiger partial charge in [-0.2, -0.15) is 0 Å². The van der Waals surface area contributed by atoms with Crippen LogP contribution in [0.4, 0.5) is 0 Å². The van der Waals surface area contributed by atoms with Crippen LogP contribution in [0.15, 0.2) is 65.8 Å². The van der Waals surface area contributed by atoms with Crippen molar-refractivity contribution in [2.24, 2.45) is 22.2 Å². The van der Waals surface area contributed by atoms with Crippen molar-refractivity contribution in [3.63, 3.8) is 0 Å². The molecule has 3 atom stereocenters. The quantitative estimate of drug-likeness (QED) is 0.0876. The van der Waals surface area contributed by atoms with E-state index >= 15 is 0 Å². The molecule has 0 unspecified atom stereocenters. The molecule has 3 rings (SSSR count). The van der Waals surface area contributed by atoms with Crippen LogP contribution in [-0.2, 0) is 27.2 Å². The molecule has 0 spiro atoms. The van der Waals surface area contributed by atoms with Crippen molar-refractivity contribution in [1.82, 2.24) is 15.6 Å². The molecule has 0 aliphatic carbocycles. The third-order valence-corrected chi connectivity index (χ3v) is 5.83. The summed E-state index contributed by atoms with van der Waals surface area (Å²) in [6.07, 6.45) is 3.92. The second-order valence-electron chi connectivity index (χ2n) is 8.62. The SMILES string of the molecule is NC(N)=NCCC[C@@H](C=O)NC(=O)[C@@H](Cc1ccccc1)NC(=O)[C@@H](N)Cc1c[nH]c2ccccc12. The van der Waals surface area contributed by atoms with E-state index in [4.69, 9.17) is 17.2 Å². The van der Waals surface area contributed by atoms with Crippen molar-refractivity contribution in [1.29, 1.82) is 0 Å². The molecule has 190 valence electrons. The van der Waals surface area contributed by atoms with Gasteiger partial charge >= 0.3 is 0 Å². The average molecular weight is 492 g/mol. The first-order chi connectivity index (χ1) is 17.4. The number of H-pyrrole nitrogens is 1. The highest BCUT2D eigenvalue weighted by molar-refractivity contribution is 5.91. The van der Waals surface area contributed by atoms with Gasteiger partial charge in [-0.05, 0) is 36.5 Å². The number of hydrogen-bond acceptors (Lipinski definition) is 5. The summed E-state index contributed by atoms with van der Waals surface area (Å²) in [6, 6.07) is 14.6. The molecule has 0 bridgehead atoms. The van der Waals surface area contributed by atoms with E-state index in [1.165, 1.54) is 0 Å². The van der Waals surface area contributed by atoms with Gasteiger partial charge in [0, 0.05) is 30.1 Å². The summed E-state index contributed by atoms with van der Waals surface area (Å²) in [7, 11) is 0. The fraction of sp³-hybridized carbons (Fsp3) is 0.308. The lowest BCUT2D eigenvalue weighted by Gasteiger charge is -2.22. The number of nitrogens with one attached hydrogen (secondary N) is 3. The Hall–Kier alpha value is -4.18. The minimum atomic E-state index is -0.908. The normalized spacial score (nSPS) is 13.4. The molecule has 9 N–H and O–H groups in total. The van der Waals surface area contributed by atoms with Gasteiger partial charge in [0.05, 0.1) is 12.1 Å². The van der Waals surface area contributed by atoms with Gasteiger partial charge in [0.15, 0.2) is 5.96 Å². The van der Waals surface area contributed by atoms with Crippen molar-refractivity contribution in [2.75, 3.05) is 6.54 Å². The zero-order chi connectivity index (χ0) is 25.9. The summed E-state index contributed by atoms with van der Waals surface area (Å²) in [4.78, 5) is 44.7. The lowest BCUT2D eigenvalue weighted by molar-refractivity contribution is -0.130. The molecule has 0 aliphatic rings. The maximum Gasteiger partial charge on any atom is 0.243 e. The Morgan fingerprint density at radius 1 is 0.972 bits per heavy atom. The number of aliphatic imine (C=N–C) groups is 1. The van der Waals surface area contributed by atoms with Gasteiger partial charge in [0.25, 0.3) is 0 Å². The van der Waals surface area contributed by atoms with Crippen LogP contribution >= 0.6 is 0 Å². The summed E-state index contributed by atoms with van der Waals surface area (Å²) in [6.45, 7) is 0.343. The molecular weight excluding hydrogens is 458 g/mol. The number of para-hydroxylation sites is 1. The van der Waals surface area contributed by atoms with E-state index < -0.39 is 29.9 Å². The number of carbonyl (C=O) groups excluding carboxylic acids is 3. The van der Waals surface area contributed by atoms with E-state index in [-0.39, 0.29) is 12.4 Å². The molecule has 2 amide bonds. The number of nitrogens with two attached hydrogens (primary N) is 3. The number of aldehydes is 1. The van der Waals surface area contributed by atoms with E-state index in [1.54, 1.807) is 0 Å². The summed E-state index contributed by atoms with van der Waals surface area (Å²) < 4.78 is 0. The molecule has 36 heavy (non-hydrogen) atoms. The van der Waals surface area contributed by atoms with Crippen LogP contribution in [0.3, 0.4) is 0 Å². The van der Waals surface area contributed by atoms with Crippen LogP contribution in [0.5, 0.6) is 0 Å². The van der Waals surface area contributed by atoms with Gasteiger partial charge in [-0.15, -0.1) is 0 Å². The molecule has 0 radical (unpaired) electrons. The molecule has 0 saturated heterocycles. The number of amides is 2. The standard InChI is InChI=1S/C26H33N7O3/c27-21(14-18-15-31-22-11-5-4-10-20(18)22)24(35)33-23(13-17-7-2-1-3-8-17)25(36)32-19(16-34)9-6-12-30-26(28)29/h1-5,7-8,10-11,15-16,19,21,23,31H,6,9,12-14,27H2,(H,32,36)(H,33,35)(H4,28,29,30)/t19-,21-,23+/m0/s1. The number of guanidine groups is 1. The van der Waals surface area contributed by atoms with E-state index in [2.05, 4.69) is 20.6 Å². The largest absolute Gasteiger partial charge is 0.370 e. The van der Waals surface area contributed by atoms with Crippen molar-refractivity contribution < 1.29 is 14.4 Å². The average Bonchev–Trinajstić information content (AvgIpc) is 3.28. The van der Waals surface area contributed by atoms with Crippen LogP contribution < -0.4 is 27.8 Å². The zero-order valence-corrected chi connectivity index (χ0v) is 20.0. The fourth-order valence-electron chi connectivity index (χ4n) is 3.94. The Morgan fingerprint density at radius 2 is 1.69 bits per heavy atom. The number of benzene rings is 2. The first-order valence-electron chi connectivity index (χ1n) is 11.8. The zero-order valence-electron chi connectivity index (χ0n) is 20.0. The molecular formula is C26H33N7O3. The number of carbonyl (C=O) groups is 3. The molecule has 3 aromatic rings. The first kappa shape index (κ1) is 26.4. The molecule has 10 heteroatoms. The Morgan fingerprint density at radius 3 is 2.42 bits per heavy atom. The summed E-state index contributed by atoms with van der Waals surface area (Å²) in [5.74, 6) is -0.950. The Kier molecular flexibility index (Phi) is 9.58. The van der Waals surface area contributed by atoms with Gasteiger partial charge in [-0.1, -0.05) is 48.5 Å². The van der Waals surface area contributed by atoms with E-state index in [1.807, 2.05) is 60.8 Å². The molecule has 0 saturated carbocycles. The third-order valence-electron chi connectivity index (χ3n) is 5.83. The molecule has 1 heterocycles. The second-order valence-corrected chi connectivity index (χ2v) is 8.62. The highest BCUT2D eigenvalue weighted by Gasteiger charge is 2.26. The topological polar surface area (TPSA) is 181 Å². The smallest absolute Gasteiger partial charge is 0.243 e.